The van der Waals surface area contributed by atoms with Crippen LogP contribution in [0.3, 0.4) is 0 Å². The Balaban J connectivity index is 2.46. The van der Waals surface area contributed by atoms with Gasteiger partial charge in [0.25, 0.3) is 0 Å². The van der Waals surface area contributed by atoms with Crippen molar-refractivity contribution in [2.45, 2.75) is 24.5 Å². The maximum Gasteiger partial charge on any atom is 0.128 e. The van der Waals surface area contributed by atoms with Crippen molar-refractivity contribution in [1.29, 1.82) is 0 Å². The third-order valence-corrected chi connectivity index (χ3v) is 4.00. The van der Waals surface area contributed by atoms with E-state index in [0.29, 0.717) is 12.0 Å². The van der Waals surface area contributed by atoms with Crippen molar-refractivity contribution in [1.82, 2.24) is 0 Å². The molecule has 1 aromatic carbocycles. The summed E-state index contributed by atoms with van der Waals surface area (Å²) < 4.78 is 14.6. The molecule has 0 amide bonds. The largest absolute Gasteiger partial charge is 0.396 e. The fraction of sp³-hybridized carbons (Fsp3) is 0.500. The molecule has 0 saturated heterocycles. The molecule has 0 unspecified atom stereocenters. The van der Waals surface area contributed by atoms with Gasteiger partial charge in [0.15, 0.2) is 0 Å². The Hall–Kier alpha value is -0.490. The van der Waals surface area contributed by atoms with Crippen LogP contribution in [0.5, 0.6) is 0 Å². The second-order valence-electron chi connectivity index (χ2n) is 4.64. The van der Waals surface area contributed by atoms with Crippen LogP contribution in [0.4, 0.5) is 4.39 Å². The van der Waals surface area contributed by atoms with Crippen molar-refractivity contribution in [3.63, 3.8) is 0 Å². The SMILES string of the molecule is N[C@@]1(c2cc(Br)ccc2F)C[C@@H](O)C[C@H]1CO. The van der Waals surface area contributed by atoms with Gasteiger partial charge in [0.1, 0.15) is 5.82 Å². The van der Waals surface area contributed by atoms with Gasteiger partial charge in [-0.2, -0.15) is 0 Å². The van der Waals surface area contributed by atoms with Gasteiger partial charge in [-0.3, -0.25) is 0 Å². The molecule has 0 heterocycles. The van der Waals surface area contributed by atoms with E-state index in [0.717, 1.165) is 4.47 Å². The van der Waals surface area contributed by atoms with Crippen LogP contribution in [0, 0.1) is 11.7 Å². The highest BCUT2D eigenvalue weighted by Gasteiger charge is 2.46. The lowest BCUT2D eigenvalue weighted by Gasteiger charge is -2.31. The first-order valence-corrected chi connectivity index (χ1v) is 6.30. The van der Waals surface area contributed by atoms with Gasteiger partial charge in [-0.1, -0.05) is 15.9 Å². The average molecular weight is 304 g/mol. The van der Waals surface area contributed by atoms with Crippen LogP contribution in [0.15, 0.2) is 22.7 Å². The van der Waals surface area contributed by atoms with Crippen molar-refractivity contribution < 1.29 is 14.6 Å². The molecule has 0 bridgehead atoms. The topological polar surface area (TPSA) is 66.5 Å². The zero-order valence-electron chi connectivity index (χ0n) is 9.24. The summed E-state index contributed by atoms with van der Waals surface area (Å²) in [6, 6.07) is 4.56. The van der Waals surface area contributed by atoms with E-state index >= 15 is 0 Å². The fourth-order valence-electron chi connectivity index (χ4n) is 2.60. The number of nitrogens with two attached hydrogens (primary N) is 1. The Labute approximate surface area is 108 Å². The summed E-state index contributed by atoms with van der Waals surface area (Å²) in [5.74, 6) is -0.718. The number of aliphatic hydroxyl groups is 2. The van der Waals surface area contributed by atoms with E-state index in [-0.39, 0.29) is 18.9 Å². The van der Waals surface area contributed by atoms with Gasteiger partial charge < -0.3 is 15.9 Å². The second kappa shape index (κ2) is 4.65. The Morgan fingerprint density at radius 1 is 1.53 bits per heavy atom. The van der Waals surface area contributed by atoms with Crippen molar-refractivity contribution in [2.24, 2.45) is 11.7 Å². The minimum absolute atomic E-state index is 0.153. The quantitative estimate of drug-likeness (QED) is 0.776. The third-order valence-electron chi connectivity index (χ3n) is 3.51. The molecule has 3 nitrogen and oxygen atoms in total. The van der Waals surface area contributed by atoms with E-state index in [4.69, 9.17) is 5.73 Å². The van der Waals surface area contributed by atoms with Crippen LogP contribution in [-0.2, 0) is 5.54 Å². The summed E-state index contributed by atoms with van der Waals surface area (Å²) in [4.78, 5) is 0. The highest BCUT2D eigenvalue weighted by atomic mass is 79.9. The minimum Gasteiger partial charge on any atom is -0.396 e. The van der Waals surface area contributed by atoms with Crippen LogP contribution >= 0.6 is 15.9 Å². The zero-order chi connectivity index (χ0) is 12.6. The first kappa shape index (κ1) is 13.0. The fourth-order valence-corrected chi connectivity index (χ4v) is 2.96. The molecular weight excluding hydrogens is 289 g/mol. The van der Waals surface area contributed by atoms with Gasteiger partial charge >= 0.3 is 0 Å². The lowest BCUT2D eigenvalue weighted by molar-refractivity contribution is 0.160. The number of halogens is 2. The van der Waals surface area contributed by atoms with E-state index in [1.807, 2.05) is 0 Å². The molecule has 1 aromatic rings. The van der Waals surface area contributed by atoms with Crippen molar-refractivity contribution in [3.8, 4) is 0 Å². The maximum atomic E-state index is 13.8. The molecule has 0 aromatic heterocycles. The standard InChI is InChI=1S/C12H15BrFNO2/c13-8-1-2-11(14)10(4-8)12(15)5-9(17)3-7(12)6-16/h1-2,4,7,9,16-17H,3,5-6,15H2/t7-,9-,12-/m0/s1. The number of aliphatic hydroxyl groups excluding tert-OH is 2. The van der Waals surface area contributed by atoms with Gasteiger partial charge in [0.2, 0.25) is 0 Å². The van der Waals surface area contributed by atoms with Crippen molar-refractivity contribution in [3.05, 3.63) is 34.1 Å². The lowest BCUT2D eigenvalue weighted by Crippen LogP contribution is -2.43. The molecule has 0 aliphatic heterocycles. The molecule has 5 heteroatoms. The molecule has 94 valence electrons. The van der Waals surface area contributed by atoms with Crippen LogP contribution in [0.25, 0.3) is 0 Å². The van der Waals surface area contributed by atoms with E-state index in [2.05, 4.69) is 15.9 Å². The molecule has 1 aliphatic carbocycles. The van der Waals surface area contributed by atoms with E-state index in [1.54, 1.807) is 12.1 Å². The molecule has 2 rings (SSSR count). The Kier molecular flexibility index (Phi) is 3.54. The number of benzene rings is 1. The highest BCUT2D eigenvalue weighted by molar-refractivity contribution is 9.10. The molecular formula is C12H15BrFNO2. The summed E-state index contributed by atoms with van der Waals surface area (Å²) in [6.07, 6.45) is 0.0837. The monoisotopic (exact) mass is 303 g/mol. The summed E-state index contributed by atoms with van der Waals surface area (Å²) >= 11 is 3.28. The molecule has 1 aliphatic rings. The van der Waals surface area contributed by atoms with Crippen LogP contribution < -0.4 is 5.73 Å². The average Bonchev–Trinajstić information content (AvgIpc) is 2.58. The van der Waals surface area contributed by atoms with Crippen LogP contribution in [0.2, 0.25) is 0 Å². The normalized spacial score (nSPS) is 33.0. The summed E-state index contributed by atoms with van der Waals surface area (Å²) in [5.41, 5.74) is 5.57. The molecule has 0 radical (unpaired) electrons. The first-order chi connectivity index (χ1) is 7.97. The van der Waals surface area contributed by atoms with Gasteiger partial charge in [0, 0.05) is 22.6 Å². The number of hydrogen-bond acceptors (Lipinski definition) is 3. The summed E-state index contributed by atoms with van der Waals surface area (Å²) in [7, 11) is 0. The van der Waals surface area contributed by atoms with Crippen molar-refractivity contribution in [2.75, 3.05) is 6.61 Å². The Morgan fingerprint density at radius 2 is 2.24 bits per heavy atom. The molecule has 1 fully saturated rings. The van der Waals surface area contributed by atoms with Crippen molar-refractivity contribution >= 4 is 15.9 Å². The van der Waals surface area contributed by atoms with Gasteiger partial charge in [-0.25, -0.2) is 4.39 Å². The lowest BCUT2D eigenvalue weighted by atomic mass is 9.81. The smallest absolute Gasteiger partial charge is 0.128 e. The summed E-state index contributed by atoms with van der Waals surface area (Å²) in [5, 5.41) is 19.0. The van der Waals surface area contributed by atoms with Gasteiger partial charge in [-0.15, -0.1) is 0 Å². The van der Waals surface area contributed by atoms with E-state index in [9.17, 15) is 14.6 Å². The van der Waals surface area contributed by atoms with Gasteiger partial charge in [0.05, 0.1) is 11.6 Å². The van der Waals surface area contributed by atoms with Crippen LogP contribution in [0.1, 0.15) is 18.4 Å². The molecule has 1 saturated carbocycles. The predicted molar refractivity (Wildman–Crippen MR) is 65.8 cm³/mol. The third kappa shape index (κ3) is 2.25. The Bertz CT molecular complexity index is 429. The van der Waals surface area contributed by atoms with Crippen LogP contribution in [-0.4, -0.2) is 22.9 Å². The number of hydrogen-bond donors (Lipinski definition) is 3. The maximum absolute atomic E-state index is 13.8. The molecule has 0 spiro atoms. The molecule has 4 N–H and O–H groups in total. The predicted octanol–water partition coefficient (Wildman–Crippen LogP) is 1.51. The number of rotatable bonds is 2. The summed E-state index contributed by atoms with van der Waals surface area (Å²) in [6.45, 7) is -0.153. The highest BCUT2D eigenvalue weighted by Crippen LogP contribution is 2.42. The van der Waals surface area contributed by atoms with E-state index in [1.165, 1.54) is 6.07 Å². The Morgan fingerprint density at radius 3 is 2.88 bits per heavy atom. The van der Waals surface area contributed by atoms with Gasteiger partial charge in [-0.05, 0) is 31.0 Å². The minimum atomic E-state index is -0.998. The molecule has 3 atom stereocenters. The second-order valence-corrected chi connectivity index (χ2v) is 5.55. The van der Waals surface area contributed by atoms with E-state index < -0.39 is 17.5 Å². The molecule has 17 heavy (non-hydrogen) atoms. The first-order valence-electron chi connectivity index (χ1n) is 5.50. The zero-order valence-corrected chi connectivity index (χ0v) is 10.8.